The Morgan fingerprint density at radius 2 is 0.746 bits per heavy atom. The van der Waals surface area contributed by atoms with E-state index >= 15 is 0 Å². The van der Waals surface area contributed by atoms with Crippen molar-refractivity contribution in [2.24, 2.45) is 0 Å². The van der Waals surface area contributed by atoms with Crippen LogP contribution in [-0.4, -0.2) is 14.8 Å². The van der Waals surface area contributed by atoms with Gasteiger partial charge < -0.3 is 14.7 Å². The summed E-state index contributed by atoms with van der Waals surface area (Å²) in [5.74, 6) is 0. The van der Waals surface area contributed by atoms with Gasteiger partial charge in [0.25, 0.3) is 6.71 Å². The molecule has 0 saturated heterocycles. The Labute approximate surface area is 372 Å². The van der Waals surface area contributed by atoms with Crippen LogP contribution in [0.15, 0.2) is 206 Å². The summed E-state index contributed by atoms with van der Waals surface area (Å²) in [4.78, 5) is 7.65. The molecule has 0 bridgehead atoms. The third-order valence-corrected chi connectivity index (χ3v) is 18.4. The van der Waals surface area contributed by atoms with Crippen molar-refractivity contribution >= 4 is 103 Å². The summed E-state index contributed by atoms with van der Waals surface area (Å²) >= 11 is 0. The van der Waals surface area contributed by atoms with Gasteiger partial charge in [-0.05, 0) is 160 Å². The van der Waals surface area contributed by atoms with Crippen LogP contribution in [0.5, 0.6) is 0 Å². The third kappa shape index (κ3) is 5.59. The molecule has 5 heteroatoms. The van der Waals surface area contributed by atoms with Gasteiger partial charge in [-0.15, -0.1) is 0 Å². The summed E-state index contributed by atoms with van der Waals surface area (Å²) in [5, 5.41) is 5.79. The van der Waals surface area contributed by atoms with Gasteiger partial charge in [0, 0.05) is 45.5 Å². The third-order valence-electron chi connectivity index (χ3n) is 13.6. The zero-order valence-corrected chi connectivity index (χ0v) is 37.0. The molecule has 0 fully saturated rings. The van der Waals surface area contributed by atoms with Gasteiger partial charge in [-0.3, -0.25) is 0 Å². The topological polar surface area (TPSA) is 9.72 Å². The Morgan fingerprint density at radius 1 is 0.349 bits per heavy atom. The quantitative estimate of drug-likeness (QED) is 0.148. The fourth-order valence-corrected chi connectivity index (χ4v) is 16.7. The molecule has 0 atom stereocenters. The van der Waals surface area contributed by atoms with Gasteiger partial charge in [-0.25, -0.2) is 0 Å². The largest absolute Gasteiger partial charge is 0.311 e. The van der Waals surface area contributed by atoms with Crippen LogP contribution in [0.25, 0.3) is 0 Å². The molecule has 0 unspecified atom stereocenters. The summed E-state index contributed by atoms with van der Waals surface area (Å²) in [6, 6.07) is 78.0. The molecule has 0 radical (unpaired) electrons. The Kier molecular flexibility index (Phi) is 8.54. The lowest BCUT2D eigenvalue weighted by atomic mass is 9.33. The van der Waals surface area contributed by atoms with Crippen LogP contribution in [0, 0.1) is 27.7 Å². The van der Waals surface area contributed by atoms with Gasteiger partial charge in [0.1, 0.15) is 0 Å². The van der Waals surface area contributed by atoms with E-state index in [1.165, 1.54) is 93.5 Å². The SMILES string of the molecule is Cc1cccc(N2c3cc(N(c4ccccc4)c4ccccc4)cc4c3B3c5c2cc(C)cc5[Si](c2ccccc2)(c2ccccc2)c2cc(C)cc(c23)N4c2cccc(C)c2)c1. The van der Waals surface area contributed by atoms with E-state index < -0.39 is 8.07 Å². The second-order valence-electron chi connectivity index (χ2n) is 17.7. The van der Waals surface area contributed by atoms with Gasteiger partial charge >= 0.3 is 0 Å². The molecule has 12 rings (SSSR count). The van der Waals surface area contributed by atoms with E-state index in [1.54, 1.807) is 0 Å². The predicted molar refractivity (Wildman–Crippen MR) is 271 cm³/mol. The molecule has 3 aliphatic rings. The molecule has 9 aromatic carbocycles. The standard InChI is InChI=1S/C58H46BN3Si/c1-39-19-17-25-45(31-39)61-50-33-41(3)35-54-57(50)59-56-52(61)37-47(60(43-21-9-5-10-22-43)44-23-11-6-12-24-44)38-53(56)62(46-26-18-20-40(2)32-46)51-34-42(4)36-55(58(51)59)63(54,48-27-13-7-14-28-48)49-29-15-8-16-30-49/h5-38H,1-4H3. The van der Waals surface area contributed by atoms with E-state index in [-0.39, 0.29) is 6.71 Å². The van der Waals surface area contributed by atoms with Gasteiger partial charge in [0.2, 0.25) is 0 Å². The van der Waals surface area contributed by atoms with E-state index in [4.69, 9.17) is 0 Å². The Hall–Kier alpha value is -7.34. The van der Waals surface area contributed by atoms with Crippen molar-refractivity contribution in [1.29, 1.82) is 0 Å². The van der Waals surface area contributed by atoms with Crippen molar-refractivity contribution in [3.05, 3.63) is 229 Å². The van der Waals surface area contributed by atoms with Crippen molar-refractivity contribution in [3.63, 3.8) is 0 Å². The first kappa shape index (κ1) is 37.4. The molecule has 63 heavy (non-hydrogen) atoms. The predicted octanol–water partition coefficient (Wildman–Crippen LogP) is 10.2. The number of hydrogen-bond acceptors (Lipinski definition) is 3. The zero-order valence-electron chi connectivity index (χ0n) is 36.0. The molecular weight excluding hydrogens is 778 g/mol. The fraction of sp³-hybridized carbons (Fsp3) is 0.0690. The number of aryl methyl sites for hydroxylation is 4. The number of nitrogens with zero attached hydrogens (tertiary/aromatic N) is 3. The van der Waals surface area contributed by atoms with Gasteiger partial charge in [-0.2, -0.15) is 0 Å². The fourth-order valence-electron chi connectivity index (χ4n) is 11.3. The highest BCUT2D eigenvalue weighted by molar-refractivity contribution is 7.27. The molecule has 3 heterocycles. The number of para-hydroxylation sites is 2. The lowest BCUT2D eigenvalue weighted by Crippen LogP contribution is -2.88. The average Bonchev–Trinajstić information content (AvgIpc) is 3.30. The van der Waals surface area contributed by atoms with Crippen LogP contribution >= 0.6 is 0 Å². The molecular formula is C58H46BN3Si. The first-order chi connectivity index (χ1) is 30.9. The van der Waals surface area contributed by atoms with E-state index in [2.05, 4.69) is 249 Å². The first-order valence-electron chi connectivity index (χ1n) is 22.1. The second kappa shape index (κ2) is 14.4. The minimum absolute atomic E-state index is 0.0114. The minimum Gasteiger partial charge on any atom is -0.311 e. The van der Waals surface area contributed by atoms with Crippen molar-refractivity contribution in [1.82, 2.24) is 0 Å². The lowest BCUT2D eigenvalue weighted by Gasteiger charge is -2.52. The normalized spacial score (nSPS) is 13.7. The summed E-state index contributed by atoms with van der Waals surface area (Å²) in [7, 11) is -2.98. The average molecular weight is 824 g/mol. The Morgan fingerprint density at radius 3 is 1.16 bits per heavy atom. The van der Waals surface area contributed by atoms with Crippen LogP contribution in [0.2, 0.25) is 0 Å². The molecule has 3 nitrogen and oxygen atoms in total. The van der Waals surface area contributed by atoms with Crippen LogP contribution in [-0.2, 0) is 0 Å². The summed E-state index contributed by atoms with van der Waals surface area (Å²) in [6.07, 6.45) is 0. The van der Waals surface area contributed by atoms with E-state index in [0.29, 0.717) is 0 Å². The lowest BCUT2D eigenvalue weighted by molar-refractivity contribution is 1.22. The van der Waals surface area contributed by atoms with E-state index in [9.17, 15) is 0 Å². The smallest absolute Gasteiger partial charge is 0.251 e. The number of anilines is 9. The maximum Gasteiger partial charge on any atom is 0.251 e. The van der Waals surface area contributed by atoms with Gasteiger partial charge in [0.05, 0.1) is 5.69 Å². The molecule has 0 N–H and O–H groups in total. The van der Waals surface area contributed by atoms with Crippen LogP contribution in [0.4, 0.5) is 51.2 Å². The maximum atomic E-state index is 2.61. The second-order valence-corrected chi connectivity index (χ2v) is 21.4. The molecule has 9 aromatic rings. The highest BCUT2D eigenvalue weighted by atomic mass is 28.3. The zero-order chi connectivity index (χ0) is 42.4. The molecule has 0 spiro atoms. The van der Waals surface area contributed by atoms with Crippen LogP contribution in [0.1, 0.15) is 22.3 Å². The molecule has 0 aromatic heterocycles. The molecule has 3 aliphatic heterocycles. The van der Waals surface area contributed by atoms with E-state index in [0.717, 1.165) is 17.1 Å². The maximum absolute atomic E-state index is 2.98. The Bertz CT molecular complexity index is 3030. The van der Waals surface area contributed by atoms with Crippen molar-refractivity contribution in [3.8, 4) is 0 Å². The molecule has 0 aliphatic carbocycles. The number of rotatable bonds is 7. The molecule has 0 amide bonds. The first-order valence-corrected chi connectivity index (χ1v) is 24.1. The minimum atomic E-state index is -2.98. The highest BCUT2D eigenvalue weighted by Crippen LogP contribution is 2.49. The molecule has 0 saturated carbocycles. The number of hydrogen-bond donors (Lipinski definition) is 0. The van der Waals surface area contributed by atoms with Crippen molar-refractivity contribution in [2.45, 2.75) is 27.7 Å². The monoisotopic (exact) mass is 823 g/mol. The van der Waals surface area contributed by atoms with Crippen molar-refractivity contribution < 1.29 is 0 Å². The van der Waals surface area contributed by atoms with Gasteiger partial charge in [0.15, 0.2) is 8.07 Å². The van der Waals surface area contributed by atoms with Crippen molar-refractivity contribution in [2.75, 3.05) is 14.7 Å². The van der Waals surface area contributed by atoms with Crippen LogP contribution < -0.4 is 51.8 Å². The summed E-state index contributed by atoms with van der Waals surface area (Å²) in [6.45, 7) is 9.06. The number of benzene rings is 9. The van der Waals surface area contributed by atoms with Crippen LogP contribution in [0.3, 0.4) is 0 Å². The van der Waals surface area contributed by atoms with Gasteiger partial charge in [-0.1, -0.05) is 133 Å². The molecule has 300 valence electrons. The summed E-state index contributed by atoms with van der Waals surface area (Å²) < 4.78 is 0. The highest BCUT2D eigenvalue weighted by Gasteiger charge is 2.56. The summed E-state index contributed by atoms with van der Waals surface area (Å²) in [5.41, 5.74) is 19.9. The van der Waals surface area contributed by atoms with E-state index in [1.807, 2.05) is 0 Å². The Balaban J connectivity index is 1.29.